The molecule has 33 heavy (non-hydrogen) atoms. The number of carbonyl (C=O) groups is 3. The molecular weight excluding hydrogens is 436 g/mol. The minimum absolute atomic E-state index is 0.119. The van der Waals surface area contributed by atoms with Gasteiger partial charge in [-0.25, -0.2) is 0 Å². The number of nitrogens with one attached hydrogen (secondary N) is 1. The van der Waals surface area contributed by atoms with Crippen LogP contribution in [-0.4, -0.2) is 28.6 Å². The summed E-state index contributed by atoms with van der Waals surface area (Å²) >= 11 is 0.931. The van der Waals surface area contributed by atoms with Crippen molar-refractivity contribution in [2.75, 3.05) is 11.9 Å². The molecule has 0 atom stereocenters. The minimum atomic E-state index is -0.304. The van der Waals surface area contributed by atoms with E-state index >= 15 is 0 Å². The van der Waals surface area contributed by atoms with Gasteiger partial charge >= 0.3 is 0 Å². The number of carbonyl (C=O) groups excluding carboxylic acids is 3. The highest BCUT2D eigenvalue weighted by Gasteiger charge is 2.34. The molecule has 1 heterocycles. The number of imide groups is 1. The number of amides is 3. The molecule has 166 valence electrons. The van der Waals surface area contributed by atoms with Gasteiger partial charge in [-0.15, -0.1) is 0 Å². The first-order valence-corrected chi connectivity index (χ1v) is 11.2. The van der Waals surface area contributed by atoms with E-state index in [0.717, 1.165) is 34.1 Å². The van der Waals surface area contributed by atoms with Crippen molar-refractivity contribution in [1.29, 1.82) is 0 Å². The lowest BCUT2D eigenvalue weighted by atomic mass is 10.2. The smallest absolute Gasteiger partial charge is 0.293 e. The molecule has 3 aromatic rings. The molecule has 3 amide bonds. The van der Waals surface area contributed by atoms with E-state index in [2.05, 4.69) is 5.32 Å². The highest BCUT2D eigenvalue weighted by atomic mass is 32.2. The Labute approximate surface area is 196 Å². The molecule has 0 aromatic heterocycles. The van der Waals surface area contributed by atoms with Crippen LogP contribution in [0.15, 0.2) is 83.8 Å². The van der Waals surface area contributed by atoms with Crippen molar-refractivity contribution < 1.29 is 19.1 Å². The van der Waals surface area contributed by atoms with E-state index in [4.69, 9.17) is 4.74 Å². The lowest BCUT2D eigenvalue weighted by molar-refractivity contribution is -0.123. The second-order valence-electron chi connectivity index (χ2n) is 7.47. The number of hydrogen-bond donors (Lipinski definition) is 1. The summed E-state index contributed by atoms with van der Waals surface area (Å²) in [7, 11) is 0. The van der Waals surface area contributed by atoms with E-state index in [-0.39, 0.29) is 30.2 Å². The van der Waals surface area contributed by atoms with Crippen molar-refractivity contribution in [1.82, 2.24) is 4.90 Å². The highest BCUT2D eigenvalue weighted by Crippen LogP contribution is 2.33. The Morgan fingerprint density at radius 1 is 0.970 bits per heavy atom. The van der Waals surface area contributed by atoms with E-state index < -0.39 is 0 Å². The summed E-state index contributed by atoms with van der Waals surface area (Å²) in [5, 5.41) is 2.54. The zero-order chi connectivity index (χ0) is 23.2. The van der Waals surface area contributed by atoms with Crippen LogP contribution >= 0.6 is 11.8 Å². The minimum Gasteiger partial charge on any atom is -0.484 e. The molecule has 3 aromatic carbocycles. The van der Waals surface area contributed by atoms with Crippen LogP contribution in [0.4, 0.5) is 10.5 Å². The number of hydrogen-bond acceptors (Lipinski definition) is 5. The van der Waals surface area contributed by atoms with Crippen molar-refractivity contribution >= 4 is 40.6 Å². The average Bonchev–Trinajstić information content (AvgIpc) is 3.08. The summed E-state index contributed by atoms with van der Waals surface area (Å²) in [6.07, 6.45) is 1.69. The molecule has 0 radical (unpaired) electrons. The Hall–Kier alpha value is -3.84. The van der Waals surface area contributed by atoms with Gasteiger partial charge in [0.1, 0.15) is 5.75 Å². The van der Waals surface area contributed by atoms with Crippen LogP contribution in [0, 0.1) is 6.92 Å². The maximum atomic E-state index is 12.7. The molecule has 0 saturated carbocycles. The molecule has 1 fully saturated rings. The Morgan fingerprint density at radius 3 is 2.39 bits per heavy atom. The largest absolute Gasteiger partial charge is 0.484 e. The van der Waals surface area contributed by atoms with E-state index in [1.165, 1.54) is 4.90 Å². The molecular formula is C26H22N2O4S. The van der Waals surface area contributed by atoms with Gasteiger partial charge in [0.25, 0.3) is 17.1 Å². The van der Waals surface area contributed by atoms with Gasteiger partial charge in [0.2, 0.25) is 0 Å². The maximum Gasteiger partial charge on any atom is 0.293 e. The topological polar surface area (TPSA) is 75.7 Å². The average molecular weight is 459 g/mol. The number of thioether (sulfide) groups is 1. The van der Waals surface area contributed by atoms with Crippen molar-refractivity contribution in [2.45, 2.75) is 13.5 Å². The molecule has 0 unspecified atom stereocenters. The third kappa shape index (κ3) is 5.70. The van der Waals surface area contributed by atoms with Gasteiger partial charge in [0.15, 0.2) is 6.61 Å². The number of rotatable bonds is 7. The third-order valence-electron chi connectivity index (χ3n) is 5.02. The molecule has 4 rings (SSSR count). The molecule has 6 nitrogen and oxygen atoms in total. The van der Waals surface area contributed by atoms with Crippen LogP contribution in [0.3, 0.4) is 0 Å². The molecule has 1 N–H and O–H groups in total. The van der Waals surface area contributed by atoms with Gasteiger partial charge < -0.3 is 10.1 Å². The SMILES string of the molecule is Cc1ccccc1NC(=O)COc1ccc(/C=C2\SC(=O)N(Cc3ccccc3)C2=O)cc1. The fourth-order valence-electron chi connectivity index (χ4n) is 3.26. The van der Waals surface area contributed by atoms with Crippen LogP contribution in [0.5, 0.6) is 5.75 Å². The summed E-state index contributed by atoms with van der Waals surface area (Å²) in [6, 6.07) is 23.9. The van der Waals surface area contributed by atoms with Crippen LogP contribution in [0.25, 0.3) is 6.08 Å². The highest BCUT2D eigenvalue weighted by molar-refractivity contribution is 8.18. The molecule has 7 heteroatoms. The van der Waals surface area contributed by atoms with Crippen LogP contribution in [0.2, 0.25) is 0 Å². The van der Waals surface area contributed by atoms with Crippen LogP contribution < -0.4 is 10.1 Å². The Bertz CT molecular complexity index is 1210. The lowest BCUT2D eigenvalue weighted by Gasteiger charge is -2.12. The monoisotopic (exact) mass is 458 g/mol. The molecule has 0 spiro atoms. The standard InChI is InChI=1S/C26H22N2O4S/c1-18-7-5-6-10-22(18)27-24(29)17-32-21-13-11-19(12-14-21)15-23-25(30)28(26(31)33-23)16-20-8-3-2-4-9-20/h2-15H,16-17H2,1H3,(H,27,29)/b23-15-. The fraction of sp³-hybridized carbons (Fsp3) is 0.115. The first kappa shape index (κ1) is 22.4. The number of nitrogens with zero attached hydrogens (tertiary/aromatic N) is 1. The van der Waals surface area contributed by atoms with E-state index in [1.807, 2.05) is 61.5 Å². The Kier molecular flexibility index (Phi) is 6.90. The van der Waals surface area contributed by atoms with Crippen LogP contribution in [0.1, 0.15) is 16.7 Å². The summed E-state index contributed by atoms with van der Waals surface area (Å²) in [5.41, 5.74) is 3.39. The summed E-state index contributed by atoms with van der Waals surface area (Å²) in [4.78, 5) is 38.8. The second kappa shape index (κ2) is 10.2. The summed E-state index contributed by atoms with van der Waals surface area (Å²) in [5.74, 6) is -0.0215. The van der Waals surface area contributed by atoms with Crippen molar-refractivity contribution in [3.8, 4) is 5.75 Å². The van der Waals surface area contributed by atoms with E-state index in [1.54, 1.807) is 30.3 Å². The van der Waals surface area contributed by atoms with Crippen LogP contribution in [-0.2, 0) is 16.1 Å². The molecule has 0 bridgehead atoms. The predicted octanol–water partition coefficient (Wildman–Crippen LogP) is 5.25. The quantitative estimate of drug-likeness (QED) is 0.490. The second-order valence-corrected chi connectivity index (χ2v) is 8.47. The Balaban J connectivity index is 1.34. The van der Waals surface area contributed by atoms with Gasteiger partial charge in [-0.1, -0.05) is 60.7 Å². The van der Waals surface area contributed by atoms with E-state index in [0.29, 0.717) is 10.7 Å². The summed E-state index contributed by atoms with van der Waals surface area (Å²) in [6.45, 7) is 2.05. The van der Waals surface area contributed by atoms with Crippen molar-refractivity contribution in [3.05, 3.63) is 100 Å². The number of anilines is 1. The van der Waals surface area contributed by atoms with Gasteiger partial charge in [-0.05, 0) is 59.7 Å². The number of aryl methyl sites for hydroxylation is 1. The molecule has 1 aliphatic heterocycles. The van der Waals surface area contributed by atoms with Crippen molar-refractivity contribution in [3.63, 3.8) is 0 Å². The number of benzene rings is 3. The van der Waals surface area contributed by atoms with Gasteiger partial charge in [0.05, 0.1) is 11.4 Å². The normalized spacial score (nSPS) is 14.6. The van der Waals surface area contributed by atoms with Gasteiger partial charge in [-0.2, -0.15) is 0 Å². The molecule has 1 aliphatic rings. The predicted molar refractivity (Wildman–Crippen MR) is 130 cm³/mol. The third-order valence-corrected chi connectivity index (χ3v) is 5.93. The van der Waals surface area contributed by atoms with Gasteiger partial charge in [-0.3, -0.25) is 19.3 Å². The lowest BCUT2D eigenvalue weighted by Crippen LogP contribution is -2.27. The van der Waals surface area contributed by atoms with Gasteiger partial charge in [0, 0.05) is 5.69 Å². The first-order chi connectivity index (χ1) is 16.0. The fourth-order valence-corrected chi connectivity index (χ4v) is 4.10. The summed E-state index contributed by atoms with van der Waals surface area (Å²) < 4.78 is 5.56. The van der Waals surface area contributed by atoms with E-state index in [9.17, 15) is 14.4 Å². The first-order valence-electron chi connectivity index (χ1n) is 10.4. The van der Waals surface area contributed by atoms with Crippen molar-refractivity contribution in [2.24, 2.45) is 0 Å². The zero-order valence-corrected chi connectivity index (χ0v) is 18.8. The number of ether oxygens (including phenoxy) is 1. The zero-order valence-electron chi connectivity index (χ0n) is 18.0. The Morgan fingerprint density at radius 2 is 1.67 bits per heavy atom. The molecule has 0 aliphatic carbocycles. The molecule has 1 saturated heterocycles. The number of para-hydroxylation sites is 1. The maximum absolute atomic E-state index is 12.7.